The lowest BCUT2D eigenvalue weighted by Gasteiger charge is -2.47. The predicted molar refractivity (Wildman–Crippen MR) is 102 cm³/mol. The minimum Gasteiger partial charge on any atom is -0.493 e. The molecule has 2 aliphatic heterocycles. The Morgan fingerprint density at radius 1 is 1.30 bits per heavy atom. The fourth-order valence-electron chi connectivity index (χ4n) is 4.12. The van der Waals surface area contributed by atoms with Gasteiger partial charge in [0, 0.05) is 19.1 Å². The maximum Gasteiger partial charge on any atom is 0.197 e. The first-order valence-corrected chi connectivity index (χ1v) is 9.76. The number of ether oxygens (including phenoxy) is 3. The van der Waals surface area contributed by atoms with Gasteiger partial charge in [-0.15, -0.1) is 0 Å². The van der Waals surface area contributed by atoms with E-state index in [-0.39, 0.29) is 35.4 Å². The molecule has 1 fully saturated rings. The van der Waals surface area contributed by atoms with Gasteiger partial charge in [0.25, 0.3) is 0 Å². The van der Waals surface area contributed by atoms with Crippen molar-refractivity contribution in [2.75, 3.05) is 20.2 Å². The Hall–Kier alpha value is -1.37. The molecular formula is C21H32FNO4. The van der Waals surface area contributed by atoms with Crippen LogP contribution >= 0.6 is 0 Å². The first-order valence-electron chi connectivity index (χ1n) is 9.76. The summed E-state index contributed by atoms with van der Waals surface area (Å²) < 4.78 is 32.4. The van der Waals surface area contributed by atoms with Crippen molar-refractivity contribution >= 4 is 0 Å². The minimum atomic E-state index is -0.586. The molecule has 152 valence electrons. The van der Waals surface area contributed by atoms with Crippen molar-refractivity contribution < 1.29 is 23.7 Å². The van der Waals surface area contributed by atoms with Gasteiger partial charge >= 0.3 is 0 Å². The van der Waals surface area contributed by atoms with Crippen LogP contribution in [0, 0.1) is 5.82 Å². The van der Waals surface area contributed by atoms with E-state index in [0.29, 0.717) is 30.7 Å². The van der Waals surface area contributed by atoms with E-state index < -0.39 is 6.10 Å². The number of fused-ring (bicyclic) bond motifs is 3. The van der Waals surface area contributed by atoms with Crippen molar-refractivity contribution in [1.29, 1.82) is 0 Å². The Kier molecular flexibility index (Phi) is 5.71. The number of aliphatic hydroxyl groups is 1. The third kappa shape index (κ3) is 4.23. The van der Waals surface area contributed by atoms with Gasteiger partial charge in [-0.3, -0.25) is 4.90 Å². The third-order valence-corrected chi connectivity index (χ3v) is 5.16. The van der Waals surface area contributed by atoms with E-state index in [1.54, 1.807) is 0 Å². The second-order valence-corrected chi connectivity index (χ2v) is 8.79. The monoisotopic (exact) mass is 381 g/mol. The van der Waals surface area contributed by atoms with Crippen molar-refractivity contribution in [2.24, 2.45) is 0 Å². The summed E-state index contributed by atoms with van der Waals surface area (Å²) >= 11 is 0. The van der Waals surface area contributed by atoms with Crippen LogP contribution in [0.25, 0.3) is 0 Å². The van der Waals surface area contributed by atoms with Crippen molar-refractivity contribution in [3.05, 3.63) is 23.0 Å². The van der Waals surface area contributed by atoms with E-state index in [2.05, 4.69) is 4.90 Å². The Morgan fingerprint density at radius 3 is 2.59 bits per heavy atom. The molecule has 0 aliphatic carbocycles. The quantitative estimate of drug-likeness (QED) is 0.866. The zero-order chi connectivity index (χ0) is 19.9. The average Bonchev–Trinajstić information content (AvgIpc) is 2.56. The van der Waals surface area contributed by atoms with Crippen LogP contribution in [-0.2, 0) is 11.2 Å². The molecule has 0 radical (unpaired) electrons. The number of rotatable bonds is 4. The Morgan fingerprint density at radius 2 is 2.00 bits per heavy atom. The number of hydrogen-bond donors (Lipinski definition) is 1. The van der Waals surface area contributed by atoms with Gasteiger partial charge in [-0.1, -0.05) is 0 Å². The third-order valence-electron chi connectivity index (χ3n) is 5.16. The van der Waals surface area contributed by atoms with Crippen LogP contribution in [0.2, 0.25) is 0 Å². The lowest BCUT2D eigenvalue weighted by molar-refractivity contribution is -0.149. The topological polar surface area (TPSA) is 51.2 Å². The molecule has 1 N–H and O–H groups in total. The Labute approximate surface area is 161 Å². The van der Waals surface area contributed by atoms with Crippen LogP contribution < -0.4 is 9.47 Å². The summed E-state index contributed by atoms with van der Waals surface area (Å²) in [5, 5.41) is 10.7. The molecule has 2 heterocycles. The Bertz CT molecular complexity index is 686. The number of methoxy groups -OCH3 is 1. The van der Waals surface area contributed by atoms with Gasteiger partial charge in [-0.05, 0) is 64.7 Å². The summed E-state index contributed by atoms with van der Waals surface area (Å²) in [7, 11) is 1.53. The van der Waals surface area contributed by atoms with E-state index in [0.717, 1.165) is 12.1 Å². The molecule has 1 saturated heterocycles. The first kappa shape index (κ1) is 20.4. The molecule has 0 unspecified atom stereocenters. The van der Waals surface area contributed by atoms with Crippen molar-refractivity contribution in [3.63, 3.8) is 0 Å². The standard InChI is InChI=1S/C21H32FNO4/c1-12(2)26-20-17(25-6)9-14-13(19(20)22)7-8-23-11-18(27-21(3,4)5)16(24)10-15(14)23/h9,12,15-16,18,24H,7-8,10-11H2,1-6H3/t15-,16-,18-/m1/s1. The lowest BCUT2D eigenvalue weighted by atomic mass is 9.84. The number of aliphatic hydroxyl groups excluding tert-OH is 1. The maximum absolute atomic E-state index is 15.2. The zero-order valence-corrected chi connectivity index (χ0v) is 17.2. The minimum absolute atomic E-state index is 0.0416. The number of halogens is 1. The molecule has 5 nitrogen and oxygen atoms in total. The molecule has 0 bridgehead atoms. The van der Waals surface area contributed by atoms with Gasteiger partial charge in [0.05, 0.1) is 31.0 Å². The second-order valence-electron chi connectivity index (χ2n) is 8.79. The van der Waals surface area contributed by atoms with E-state index >= 15 is 4.39 Å². The van der Waals surface area contributed by atoms with Gasteiger partial charge < -0.3 is 19.3 Å². The lowest BCUT2D eigenvalue weighted by Crippen LogP contribution is -2.53. The number of hydrogen-bond acceptors (Lipinski definition) is 5. The molecule has 2 aliphatic rings. The fraction of sp³-hybridized carbons (Fsp3) is 0.714. The van der Waals surface area contributed by atoms with Crippen LogP contribution in [0.3, 0.4) is 0 Å². The van der Waals surface area contributed by atoms with Crippen molar-refractivity contribution in [3.8, 4) is 11.5 Å². The largest absolute Gasteiger partial charge is 0.493 e. The van der Waals surface area contributed by atoms with Crippen molar-refractivity contribution in [1.82, 2.24) is 4.90 Å². The molecule has 27 heavy (non-hydrogen) atoms. The Balaban J connectivity index is 1.92. The predicted octanol–water partition coefficient (Wildman–Crippen LogP) is 3.47. The van der Waals surface area contributed by atoms with Crippen molar-refractivity contribution in [2.45, 2.75) is 77.4 Å². The molecule has 0 saturated carbocycles. The molecule has 6 heteroatoms. The highest BCUT2D eigenvalue weighted by Crippen LogP contribution is 2.44. The number of piperidine rings is 1. The number of nitrogens with zero attached hydrogens (tertiary/aromatic N) is 1. The summed E-state index contributed by atoms with van der Waals surface area (Å²) in [4.78, 5) is 2.29. The zero-order valence-electron chi connectivity index (χ0n) is 17.2. The molecule has 0 aromatic heterocycles. The molecule has 0 amide bonds. The van der Waals surface area contributed by atoms with Crippen LogP contribution in [0.15, 0.2) is 6.07 Å². The van der Waals surface area contributed by atoms with E-state index in [1.807, 2.05) is 40.7 Å². The van der Waals surface area contributed by atoms with Crippen LogP contribution in [0.1, 0.15) is 58.2 Å². The van der Waals surface area contributed by atoms with Crippen LogP contribution in [0.4, 0.5) is 4.39 Å². The summed E-state index contributed by atoms with van der Waals surface area (Å²) in [6, 6.07) is 1.84. The SMILES string of the molecule is COc1cc2c(c(F)c1OC(C)C)CCN1C[C@@H](OC(C)(C)C)[C@H](O)C[C@H]21. The highest BCUT2D eigenvalue weighted by Gasteiger charge is 2.41. The summed E-state index contributed by atoms with van der Waals surface area (Å²) in [6.07, 6.45) is 0.156. The average molecular weight is 381 g/mol. The van der Waals surface area contributed by atoms with Gasteiger partial charge in [-0.2, -0.15) is 0 Å². The fourth-order valence-corrected chi connectivity index (χ4v) is 4.12. The normalized spacial score (nSPS) is 25.9. The van der Waals surface area contributed by atoms with Crippen LogP contribution in [0.5, 0.6) is 11.5 Å². The summed E-state index contributed by atoms with van der Waals surface area (Å²) in [6.45, 7) is 11.1. The van der Waals surface area contributed by atoms with E-state index in [9.17, 15) is 5.11 Å². The van der Waals surface area contributed by atoms with Gasteiger partial charge in [0.1, 0.15) is 0 Å². The summed E-state index contributed by atoms with van der Waals surface area (Å²) in [5.74, 6) is 0.259. The molecule has 3 rings (SSSR count). The maximum atomic E-state index is 15.2. The van der Waals surface area contributed by atoms with Gasteiger partial charge in [-0.25, -0.2) is 4.39 Å². The second kappa shape index (κ2) is 7.57. The molecule has 3 atom stereocenters. The van der Waals surface area contributed by atoms with Gasteiger partial charge in [0.2, 0.25) is 0 Å². The van der Waals surface area contributed by atoms with Gasteiger partial charge in [0.15, 0.2) is 17.3 Å². The highest BCUT2D eigenvalue weighted by molar-refractivity contribution is 5.51. The molecule has 1 aromatic rings. The summed E-state index contributed by atoms with van der Waals surface area (Å²) in [5.41, 5.74) is 1.25. The number of benzene rings is 1. The first-order chi connectivity index (χ1) is 12.6. The van der Waals surface area contributed by atoms with Crippen LogP contribution in [-0.4, -0.2) is 54.1 Å². The van der Waals surface area contributed by atoms with E-state index in [1.165, 1.54) is 7.11 Å². The smallest absolute Gasteiger partial charge is 0.197 e. The molecular weight excluding hydrogens is 349 g/mol. The highest BCUT2D eigenvalue weighted by atomic mass is 19.1. The molecule has 1 aromatic carbocycles. The van der Waals surface area contributed by atoms with E-state index in [4.69, 9.17) is 14.2 Å². The molecule has 0 spiro atoms.